The van der Waals surface area contributed by atoms with Gasteiger partial charge in [0.2, 0.25) is 11.8 Å². The second kappa shape index (κ2) is 11.3. The van der Waals surface area contributed by atoms with Gasteiger partial charge >= 0.3 is 0 Å². The van der Waals surface area contributed by atoms with Crippen molar-refractivity contribution in [3.63, 3.8) is 0 Å². The summed E-state index contributed by atoms with van der Waals surface area (Å²) in [4.78, 5) is 27.7. The molecule has 0 radical (unpaired) electrons. The Kier molecular flexibility index (Phi) is 8.99. The Hall–Kier alpha value is -2.69. The highest BCUT2D eigenvalue weighted by Gasteiger charge is 2.28. The molecule has 0 aliphatic carbocycles. The van der Waals surface area contributed by atoms with E-state index in [9.17, 15) is 14.0 Å². The van der Waals surface area contributed by atoms with Crippen LogP contribution in [0.3, 0.4) is 0 Å². The molecular formula is C27H37FN2O2. The Morgan fingerprint density at radius 2 is 1.53 bits per heavy atom. The quantitative estimate of drug-likeness (QED) is 0.568. The van der Waals surface area contributed by atoms with Crippen molar-refractivity contribution in [1.82, 2.24) is 10.2 Å². The van der Waals surface area contributed by atoms with Gasteiger partial charge in [0, 0.05) is 19.0 Å². The third-order valence-corrected chi connectivity index (χ3v) is 5.53. The number of nitrogens with one attached hydrogen (secondary N) is 1. The van der Waals surface area contributed by atoms with E-state index in [4.69, 9.17) is 0 Å². The summed E-state index contributed by atoms with van der Waals surface area (Å²) in [6.07, 6.45) is 1.42. The largest absolute Gasteiger partial charge is 0.352 e. The second-order valence-electron chi connectivity index (χ2n) is 9.68. The van der Waals surface area contributed by atoms with Gasteiger partial charge in [0.25, 0.3) is 0 Å². The number of aryl methyl sites for hydroxylation is 1. The van der Waals surface area contributed by atoms with Gasteiger partial charge in [-0.15, -0.1) is 0 Å². The number of halogens is 1. The fraction of sp³-hybridized carbons (Fsp3) is 0.481. The summed E-state index contributed by atoms with van der Waals surface area (Å²) in [5.41, 5.74) is 3.22. The fourth-order valence-corrected chi connectivity index (χ4v) is 3.65. The third kappa shape index (κ3) is 7.47. The van der Waals surface area contributed by atoms with Crippen molar-refractivity contribution >= 4 is 11.8 Å². The molecule has 0 spiro atoms. The standard InChI is InChI=1S/C27H37FN2O2/c1-7-24(26(32)29-19(2)3)30(18-21-10-15-23(28)16-11-21)25(31)17-12-20-8-13-22(14-9-20)27(4,5)6/h8-11,13-16,19,24H,7,12,17-18H2,1-6H3,(H,29,32)/t24-/m1/s1. The van der Waals surface area contributed by atoms with E-state index in [1.807, 2.05) is 20.8 Å². The zero-order valence-electron chi connectivity index (χ0n) is 20.2. The molecule has 1 atom stereocenters. The summed E-state index contributed by atoms with van der Waals surface area (Å²) < 4.78 is 13.3. The highest BCUT2D eigenvalue weighted by molar-refractivity contribution is 5.87. The molecule has 0 saturated heterocycles. The van der Waals surface area contributed by atoms with Gasteiger partial charge in [-0.05, 0) is 60.9 Å². The van der Waals surface area contributed by atoms with Crippen molar-refractivity contribution in [3.8, 4) is 0 Å². The first kappa shape index (κ1) is 25.6. The lowest BCUT2D eigenvalue weighted by Crippen LogP contribution is -2.50. The Balaban J connectivity index is 2.18. The summed E-state index contributed by atoms with van der Waals surface area (Å²) in [5.74, 6) is -0.567. The molecule has 2 aromatic rings. The Morgan fingerprint density at radius 3 is 2.03 bits per heavy atom. The van der Waals surface area contributed by atoms with Gasteiger partial charge in [-0.2, -0.15) is 0 Å². The molecule has 0 unspecified atom stereocenters. The summed E-state index contributed by atoms with van der Waals surface area (Å²) in [6.45, 7) is 12.5. The van der Waals surface area contributed by atoms with Gasteiger partial charge in [-0.1, -0.05) is 64.1 Å². The van der Waals surface area contributed by atoms with Crippen LogP contribution in [0.15, 0.2) is 48.5 Å². The number of hydrogen-bond donors (Lipinski definition) is 1. The van der Waals surface area contributed by atoms with Crippen molar-refractivity contribution in [1.29, 1.82) is 0 Å². The number of carbonyl (C=O) groups excluding carboxylic acids is 2. The van der Waals surface area contributed by atoms with E-state index < -0.39 is 6.04 Å². The van der Waals surface area contributed by atoms with Gasteiger partial charge in [0.1, 0.15) is 11.9 Å². The molecule has 0 aliphatic rings. The average Bonchev–Trinajstić information content (AvgIpc) is 2.72. The van der Waals surface area contributed by atoms with E-state index in [0.29, 0.717) is 19.3 Å². The third-order valence-electron chi connectivity index (χ3n) is 5.53. The SMILES string of the molecule is CC[C@H](C(=O)NC(C)C)N(Cc1ccc(F)cc1)C(=O)CCc1ccc(C(C)(C)C)cc1. The molecule has 32 heavy (non-hydrogen) atoms. The van der Waals surface area contributed by atoms with Crippen LogP contribution in [-0.4, -0.2) is 28.8 Å². The Morgan fingerprint density at radius 1 is 0.969 bits per heavy atom. The highest BCUT2D eigenvalue weighted by Crippen LogP contribution is 2.23. The van der Waals surface area contributed by atoms with Crippen LogP contribution < -0.4 is 5.32 Å². The van der Waals surface area contributed by atoms with Crippen LogP contribution in [0, 0.1) is 5.82 Å². The lowest BCUT2D eigenvalue weighted by Gasteiger charge is -2.31. The molecular weight excluding hydrogens is 403 g/mol. The summed E-state index contributed by atoms with van der Waals surface area (Å²) >= 11 is 0. The maximum atomic E-state index is 13.3. The van der Waals surface area contributed by atoms with Gasteiger partial charge < -0.3 is 10.2 Å². The van der Waals surface area contributed by atoms with Gasteiger partial charge in [-0.3, -0.25) is 9.59 Å². The average molecular weight is 441 g/mol. The number of hydrogen-bond acceptors (Lipinski definition) is 2. The van der Waals surface area contributed by atoms with Crippen LogP contribution in [0.2, 0.25) is 0 Å². The van der Waals surface area contributed by atoms with E-state index in [0.717, 1.165) is 11.1 Å². The van der Waals surface area contributed by atoms with Crippen molar-refractivity contribution in [3.05, 3.63) is 71.0 Å². The zero-order chi connectivity index (χ0) is 23.9. The molecule has 1 N–H and O–H groups in total. The Bertz CT molecular complexity index is 883. The van der Waals surface area contributed by atoms with Crippen LogP contribution in [0.25, 0.3) is 0 Å². The second-order valence-corrected chi connectivity index (χ2v) is 9.68. The topological polar surface area (TPSA) is 49.4 Å². The molecule has 0 fully saturated rings. The van der Waals surface area contributed by atoms with E-state index in [1.54, 1.807) is 17.0 Å². The maximum Gasteiger partial charge on any atom is 0.243 e. The zero-order valence-corrected chi connectivity index (χ0v) is 20.2. The molecule has 0 aromatic heterocycles. The number of benzene rings is 2. The smallest absolute Gasteiger partial charge is 0.243 e. The van der Waals surface area contributed by atoms with Gasteiger partial charge in [0.05, 0.1) is 0 Å². The number of carbonyl (C=O) groups is 2. The van der Waals surface area contributed by atoms with Crippen LogP contribution in [0.1, 0.15) is 71.1 Å². The minimum absolute atomic E-state index is 0.0133. The molecule has 0 aliphatic heterocycles. The van der Waals surface area contributed by atoms with Crippen LogP contribution >= 0.6 is 0 Å². The lowest BCUT2D eigenvalue weighted by molar-refractivity contribution is -0.141. The fourth-order valence-electron chi connectivity index (χ4n) is 3.65. The van der Waals surface area contributed by atoms with Crippen molar-refractivity contribution in [2.45, 2.75) is 84.8 Å². The van der Waals surface area contributed by atoms with E-state index in [-0.39, 0.29) is 35.6 Å². The predicted octanol–water partition coefficient (Wildman–Crippen LogP) is 5.39. The maximum absolute atomic E-state index is 13.3. The summed E-state index contributed by atoms with van der Waals surface area (Å²) in [6, 6.07) is 13.9. The molecule has 4 nitrogen and oxygen atoms in total. The molecule has 2 amide bonds. The van der Waals surface area contributed by atoms with Crippen LogP contribution in [0.4, 0.5) is 4.39 Å². The molecule has 0 heterocycles. The molecule has 0 bridgehead atoms. The first-order valence-electron chi connectivity index (χ1n) is 11.4. The van der Waals surface area contributed by atoms with Crippen molar-refractivity contribution < 1.29 is 14.0 Å². The minimum Gasteiger partial charge on any atom is -0.352 e. The van der Waals surface area contributed by atoms with Crippen LogP contribution in [0.5, 0.6) is 0 Å². The van der Waals surface area contributed by atoms with E-state index >= 15 is 0 Å². The number of nitrogens with zero attached hydrogens (tertiary/aromatic N) is 1. The first-order valence-corrected chi connectivity index (χ1v) is 11.4. The highest BCUT2D eigenvalue weighted by atomic mass is 19.1. The lowest BCUT2D eigenvalue weighted by atomic mass is 9.86. The molecule has 174 valence electrons. The number of rotatable bonds is 9. The minimum atomic E-state index is -0.571. The van der Waals surface area contributed by atoms with E-state index in [2.05, 4.69) is 50.4 Å². The van der Waals surface area contributed by atoms with Gasteiger partial charge in [0.15, 0.2) is 0 Å². The molecule has 0 saturated carbocycles. The molecule has 2 aromatic carbocycles. The van der Waals surface area contributed by atoms with Gasteiger partial charge in [-0.25, -0.2) is 4.39 Å². The normalized spacial score (nSPS) is 12.5. The summed E-state index contributed by atoms with van der Waals surface area (Å²) in [5, 5.41) is 2.93. The molecule has 5 heteroatoms. The van der Waals surface area contributed by atoms with E-state index in [1.165, 1.54) is 17.7 Å². The van der Waals surface area contributed by atoms with Crippen LogP contribution in [-0.2, 0) is 28.0 Å². The van der Waals surface area contributed by atoms with Crippen molar-refractivity contribution in [2.75, 3.05) is 0 Å². The molecule has 2 rings (SSSR count). The summed E-state index contributed by atoms with van der Waals surface area (Å²) in [7, 11) is 0. The number of amides is 2. The van der Waals surface area contributed by atoms with Crippen molar-refractivity contribution in [2.24, 2.45) is 0 Å². The predicted molar refractivity (Wildman–Crippen MR) is 128 cm³/mol. The Labute approximate surface area is 192 Å². The first-order chi connectivity index (χ1) is 15.0. The monoisotopic (exact) mass is 440 g/mol.